The van der Waals surface area contributed by atoms with E-state index in [9.17, 15) is 9.18 Å². The molecule has 0 aliphatic heterocycles. The van der Waals surface area contributed by atoms with Crippen molar-refractivity contribution in [2.45, 2.75) is 6.54 Å². The second kappa shape index (κ2) is 7.05. The Morgan fingerprint density at radius 1 is 1.27 bits per heavy atom. The number of hydrogen-bond donors (Lipinski definition) is 1. The summed E-state index contributed by atoms with van der Waals surface area (Å²) in [5, 5.41) is 2.68. The molecular weight excluding hydrogens is 328 g/mol. The highest BCUT2D eigenvalue weighted by Gasteiger charge is 2.17. The number of amides is 1. The Bertz CT molecular complexity index is 687. The van der Waals surface area contributed by atoms with E-state index in [4.69, 9.17) is 23.2 Å². The predicted octanol–water partition coefficient (Wildman–Crippen LogP) is 3.84. The van der Waals surface area contributed by atoms with Crippen LogP contribution >= 0.6 is 23.2 Å². The monoisotopic (exact) mass is 341 g/mol. The molecule has 2 rings (SSSR count). The molecule has 7 heteroatoms. The van der Waals surface area contributed by atoms with Gasteiger partial charge in [-0.2, -0.15) is 0 Å². The SMILES string of the molecule is CN(C)Cc1ccc(NC(=O)c2c(Cl)cncc2Cl)c(F)c1. The topological polar surface area (TPSA) is 45.2 Å². The van der Waals surface area contributed by atoms with Gasteiger partial charge >= 0.3 is 0 Å². The first-order valence-corrected chi connectivity index (χ1v) is 7.17. The summed E-state index contributed by atoms with van der Waals surface area (Å²) >= 11 is 11.8. The summed E-state index contributed by atoms with van der Waals surface area (Å²) in [6.07, 6.45) is 2.61. The Labute approximate surface area is 137 Å². The van der Waals surface area contributed by atoms with Crippen molar-refractivity contribution in [2.24, 2.45) is 0 Å². The van der Waals surface area contributed by atoms with E-state index in [1.54, 1.807) is 6.07 Å². The van der Waals surface area contributed by atoms with E-state index in [-0.39, 0.29) is 21.3 Å². The number of hydrogen-bond acceptors (Lipinski definition) is 3. The first-order valence-electron chi connectivity index (χ1n) is 6.42. The van der Waals surface area contributed by atoms with Gasteiger partial charge in [0.2, 0.25) is 0 Å². The lowest BCUT2D eigenvalue weighted by atomic mass is 10.1. The number of carbonyl (C=O) groups excluding carboxylic acids is 1. The van der Waals surface area contributed by atoms with Crippen molar-refractivity contribution in [3.05, 3.63) is 57.6 Å². The lowest BCUT2D eigenvalue weighted by Crippen LogP contribution is -2.15. The zero-order chi connectivity index (χ0) is 16.3. The van der Waals surface area contributed by atoms with E-state index >= 15 is 0 Å². The molecule has 0 spiro atoms. The molecule has 0 atom stereocenters. The number of nitrogens with zero attached hydrogens (tertiary/aromatic N) is 2. The van der Waals surface area contributed by atoms with Gasteiger partial charge in [0.15, 0.2) is 0 Å². The van der Waals surface area contributed by atoms with Crippen molar-refractivity contribution in [3.8, 4) is 0 Å². The number of aromatic nitrogens is 1. The first-order chi connectivity index (χ1) is 10.4. The molecule has 1 aromatic carbocycles. The maximum Gasteiger partial charge on any atom is 0.258 e. The number of carbonyl (C=O) groups is 1. The van der Waals surface area contributed by atoms with Crippen LogP contribution in [0, 0.1) is 5.82 Å². The average molecular weight is 342 g/mol. The van der Waals surface area contributed by atoms with E-state index in [0.717, 1.165) is 5.56 Å². The average Bonchev–Trinajstić information content (AvgIpc) is 2.41. The molecule has 116 valence electrons. The van der Waals surface area contributed by atoms with Crippen LogP contribution in [-0.4, -0.2) is 29.9 Å². The Hall–Kier alpha value is -1.69. The van der Waals surface area contributed by atoms with E-state index < -0.39 is 11.7 Å². The minimum Gasteiger partial charge on any atom is -0.319 e. The lowest BCUT2D eigenvalue weighted by Gasteiger charge is -2.12. The smallest absolute Gasteiger partial charge is 0.258 e. The molecule has 2 aromatic rings. The number of pyridine rings is 1. The van der Waals surface area contributed by atoms with Gasteiger partial charge < -0.3 is 10.2 Å². The molecule has 1 amide bonds. The van der Waals surface area contributed by atoms with Gasteiger partial charge in [-0.3, -0.25) is 9.78 Å². The van der Waals surface area contributed by atoms with E-state index in [1.807, 2.05) is 19.0 Å². The van der Waals surface area contributed by atoms with Crippen LogP contribution in [0.15, 0.2) is 30.6 Å². The molecule has 1 N–H and O–H groups in total. The van der Waals surface area contributed by atoms with Gasteiger partial charge in [0.1, 0.15) is 5.82 Å². The third-order valence-electron chi connectivity index (χ3n) is 2.86. The maximum atomic E-state index is 14.1. The third-order valence-corrected chi connectivity index (χ3v) is 3.43. The van der Waals surface area contributed by atoms with Crippen molar-refractivity contribution in [1.29, 1.82) is 0 Å². The zero-order valence-electron chi connectivity index (χ0n) is 12.0. The Morgan fingerprint density at radius 3 is 2.45 bits per heavy atom. The van der Waals surface area contributed by atoms with Gasteiger partial charge in [0, 0.05) is 18.9 Å². The summed E-state index contributed by atoms with van der Waals surface area (Å²) < 4.78 is 14.1. The molecule has 4 nitrogen and oxygen atoms in total. The van der Waals surface area contributed by atoms with E-state index in [0.29, 0.717) is 6.54 Å². The first kappa shape index (κ1) is 16.7. The third kappa shape index (κ3) is 3.94. The zero-order valence-corrected chi connectivity index (χ0v) is 13.5. The highest BCUT2D eigenvalue weighted by Crippen LogP contribution is 2.25. The van der Waals surface area contributed by atoms with Gasteiger partial charge in [-0.1, -0.05) is 29.3 Å². The van der Waals surface area contributed by atoms with Gasteiger partial charge in [0.05, 0.1) is 21.3 Å². The van der Waals surface area contributed by atoms with Crippen LogP contribution in [0.25, 0.3) is 0 Å². The normalized spacial score (nSPS) is 10.8. The Morgan fingerprint density at radius 2 is 1.91 bits per heavy atom. The number of nitrogens with one attached hydrogen (secondary N) is 1. The van der Waals surface area contributed by atoms with Gasteiger partial charge in [-0.25, -0.2) is 4.39 Å². The van der Waals surface area contributed by atoms with Crippen molar-refractivity contribution in [2.75, 3.05) is 19.4 Å². The lowest BCUT2D eigenvalue weighted by molar-refractivity contribution is 0.102. The van der Waals surface area contributed by atoms with Crippen LogP contribution in [0.3, 0.4) is 0 Å². The summed E-state index contributed by atoms with van der Waals surface area (Å²) in [5.41, 5.74) is 0.937. The Kier molecular flexibility index (Phi) is 5.34. The highest BCUT2D eigenvalue weighted by molar-refractivity contribution is 6.40. The van der Waals surface area contributed by atoms with Crippen LogP contribution in [-0.2, 0) is 6.54 Å². The maximum absolute atomic E-state index is 14.1. The standard InChI is InChI=1S/C15H14Cl2FN3O/c1-21(2)8-9-3-4-13(12(18)5-9)20-15(22)14-10(16)6-19-7-11(14)17/h3-7H,8H2,1-2H3,(H,20,22). The molecule has 0 unspecified atom stereocenters. The summed E-state index contributed by atoms with van der Waals surface area (Å²) in [6.45, 7) is 0.604. The minimum atomic E-state index is -0.586. The fraction of sp³-hybridized carbons (Fsp3) is 0.200. The van der Waals surface area contributed by atoms with Gasteiger partial charge in [0.25, 0.3) is 5.91 Å². The number of benzene rings is 1. The van der Waals surface area contributed by atoms with Crippen LogP contribution < -0.4 is 5.32 Å². The highest BCUT2D eigenvalue weighted by atomic mass is 35.5. The molecule has 22 heavy (non-hydrogen) atoms. The second-order valence-electron chi connectivity index (χ2n) is 4.98. The van der Waals surface area contributed by atoms with Crippen LogP contribution in [0.4, 0.5) is 10.1 Å². The second-order valence-corrected chi connectivity index (χ2v) is 5.80. The Balaban J connectivity index is 2.22. The molecule has 0 fully saturated rings. The van der Waals surface area contributed by atoms with Crippen molar-refractivity contribution in [1.82, 2.24) is 9.88 Å². The quantitative estimate of drug-likeness (QED) is 0.918. The molecule has 0 saturated carbocycles. The molecule has 0 aliphatic carbocycles. The molecule has 1 aromatic heterocycles. The molecule has 0 saturated heterocycles. The molecule has 0 aliphatic rings. The molecule has 0 bridgehead atoms. The summed E-state index contributed by atoms with van der Waals surface area (Å²) in [7, 11) is 3.78. The summed E-state index contributed by atoms with van der Waals surface area (Å²) in [6, 6.07) is 4.63. The van der Waals surface area contributed by atoms with Crippen molar-refractivity contribution >= 4 is 34.8 Å². The van der Waals surface area contributed by atoms with Crippen molar-refractivity contribution < 1.29 is 9.18 Å². The number of rotatable bonds is 4. The molecule has 0 radical (unpaired) electrons. The largest absolute Gasteiger partial charge is 0.319 e. The van der Waals surface area contributed by atoms with E-state index in [1.165, 1.54) is 24.5 Å². The predicted molar refractivity (Wildman–Crippen MR) is 86.0 cm³/mol. The molecule has 1 heterocycles. The van der Waals surface area contributed by atoms with Crippen molar-refractivity contribution in [3.63, 3.8) is 0 Å². The number of halogens is 3. The van der Waals surface area contributed by atoms with Gasteiger partial charge in [-0.05, 0) is 31.8 Å². The molecular formula is C15H14Cl2FN3O. The summed E-state index contributed by atoms with van der Waals surface area (Å²) in [4.78, 5) is 17.9. The van der Waals surface area contributed by atoms with Crippen LogP contribution in [0.2, 0.25) is 10.0 Å². The summed E-state index contributed by atoms with van der Waals surface area (Å²) in [5.74, 6) is -1.11. The fourth-order valence-corrected chi connectivity index (χ4v) is 2.47. The van der Waals surface area contributed by atoms with Gasteiger partial charge in [-0.15, -0.1) is 0 Å². The van der Waals surface area contributed by atoms with E-state index in [2.05, 4.69) is 10.3 Å². The minimum absolute atomic E-state index is 0.0649. The fourth-order valence-electron chi connectivity index (χ4n) is 1.94. The van der Waals surface area contributed by atoms with Crippen LogP contribution in [0.1, 0.15) is 15.9 Å². The number of anilines is 1. The van der Waals surface area contributed by atoms with Crippen LogP contribution in [0.5, 0.6) is 0 Å².